The number of Topliss-reactive ketones (excluding diaryl/α,β-unsaturated/α-hetero) is 1. The van der Waals surface area contributed by atoms with Crippen LogP contribution in [0.15, 0.2) is 18.2 Å². The average molecular weight is 288 g/mol. The Balaban J connectivity index is 2.67. The van der Waals surface area contributed by atoms with Crippen LogP contribution in [0.5, 0.6) is 5.75 Å². The van der Waals surface area contributed by atoms with Crippen molar-refractivity contribution in [3.05, 3.63) is 29.6 Å². The minimum absolute atomic E-state index is 0.127. The summed E-state index contributed by atoms with van der Waals surface area (Å²) in [7, 11) is 1.69. The lowest BCUT2D eigenvalue weighted by Gasteiger charge is -2.07. The third-order valence-corrected chi connectivity index (χ3v) is 3.80. The molecule has 0 radical (unpaired) electrons. The number of halogens is 1. The van der Waals surface area contributed by atoms with E-state index in [0.717, 1.165) is 6.07 Å². The first-order chi connectivity index (χ1) is 9.08. The van der Waals surface area contributed by atoms with E-state index in [1.165, 1.54) is 19.2 Å². The molecule has 1 aromatic rings. The first kappa shape index (κ1) is 15.8. The van der Waals surface area contributed by atoms with Crippen molar-refractivity contribution in [2.45, 2.75) is 6.42 Å². The molecule has 19 heavy (non-hydrogen) atoms. The SMILES string of the molecule is COCCCS(=O)CC(=O)c1cc(F)ccc1OC. The van der Waals surface area contributed by atoms with Crippen LogP contribution in [0.2, 0.25) is 0 Å². The van der Waals surface area contributed by atoms with Gasteiger partial charge >= 0.3 is 0 Å². The molecule has 0 aliphatic carbocycles. The van der Waals surface area contributed by atoms with Crippen LogP contribution in [0.25, 0.3) is 0 Å². The topological polar surface area (TPSA) is 52.6 Å². The summed E-state index contributed by atoms with van der Waals surface area (Å²) in [5.74, 6) is -0.359. The summed E-state index contributed by atoms with van der Waals surface area (Å²) in [6, 6.07) is 3.70. The van der Waals surface area contributed by atoms with Gasteiger partial charge in [-0.1, -0.05) is 0 Å². The smallest absolute Gasteiger partial charge is 0.179 e. The zero-order valence-corrected chi connectivity index (χ0v) is 11.8. The number of hydrogen-bond donors (Lipinski definition) is 0. The third-order valence-electron chi connectivity index (χ3n) is 2.47. The van der Waals surface area contributed by atoms with Crippen LogP contribution in [-0.2, 0) is 15.5 Å². The van der Waals surface area contributed by atoms with E-state index < -0.39 is 16.6 Å². The zero-order chi connectivity index (χ0) is 14.3. The van der Waals surface area contributed by atoms with Gasteiger partial charge in [0.2, 0.25) is 0 Å². The minimum atomic E-state index is -1.28. The van der Waals surface area contributed by atoms with Crippen molar-refractivity contribution in [3.8, 4) is 5.75 Å². The van der Waals surface area contributed by atoms with Gasteiger partial charge in [0.25, 0.3) is 0 Å². The lowest BCUT2D eigenvalue weighted by molar-refractivity contribution is 0.101. The molecule has 0 N–H and O–H groups in total. The van der Waals surface area contributed by atoms with E-state index in [-0.39, 0.29) is 17.1 Å². The molecule has 0 bridgehead atoms. The molecule has 0 aliphatic heterocycles. The van der Waals surface area contributed by atoms with Gasteiger partial charge < -0.3 is 9.47 Å². The molecule has 0 saturated heterocycles. The highest BCUT2D eigenvalue weighted by Crippen LogP contribution is 2.20. The molecule has 0 spiro atoms. The second kappa shape index (κ2) is 8.01. The van der Waals surface area contributed by atoms with E-state index in [1.807, 2.05) is 0 Å². The van der Waals surface area contributed by atoms with E-state index >= 15 is 0 Å². The molecule has 6 heteroatoms. The van der Waals surface area contributed by atoms with E-state index in [0.29, 0.717) is 24.5 Å². The molecule has 106 valence electrons. The molecule has 0 aromatic heterocycles. The number of ether oxygens (including phenoxy) is 2. The Morgan fingerprint density at radius 1 is 1.37 bits per heavy atom. The number of methoxy groups -OCH3 is 2. The van der Waals surface area contributed by atoms with Crippen LogP contribution in [-0.4, -0.2) is 42.3 Å². The van der Waals surface area contributed by atoms with Crippen molar-refractivity contribution in [1.29, 1.82) is 0 Å². The molecule has 0 aliphatic rings. The number of hydrogen-bond acceptors (Lipinski definition) is 4. The minimum Gasteiger partial charge on any atom is -0.496 e. The standard InChI is InChI=1S/C13H17FO4S/c1-17-6-3-7-19(16)9-12(15)11-8-10(14)4-5-13(11)18-2/h4-5,8H,3,6-7,9H2,1-2H3. The van der Waals surface area contributed by atoms with Crippen molar-refractivity contribution in [2.24, 2.45) is 0 Å². The van der Waals surface area contributed by atoms with Crippen LogP contribution in [0.4, 0.5) is 4.39 Å². The normalized spacial score (nSPS) is 12.2. The van der Waals surface area contributed by atoms with Crippen LogP contribution in [0.1, 0.15) is 16.8 Å². The fourth-order valence-electron chi connectivity index (χ4n) is 1.56. The molecular formula is C13H17FO4S. The first-order valence-corrected chi connectivity index (χ1v) is 7.28. The summed E-state index contributed by atoms with van der Waals surface area (Å²) in [6.45, 7) is 0.503. The average Bonchev–Trinajstić information content (AvgIpc) is 2.39. The van der Waals surface area contributed by atoms with Crippen molar-refractivity contribution in [2.75, 3.05) is 32.3 Å². The molecule has 1 atom stereocenters. The van der Waals surface area contributed by atoms with E-state index in [1.54, 1.807) is 7.11 Å². The highest BCUT2D eigenvalue weighted by molar-refractivity contribution is 7.85. The highest BCUT2D eigenvalue weighted by Gasteiger charge is 2.16. The Hall–Kier alpha value is -1.27. The van der Waals surface area contributed by atoms with Crippen molar-refractivity contribution in [1.82, 2.24) is 0 Å². The van der Waals surface area contributed by atoms with E-state index in [4.69, 9.17) is 9.47 Å². The van der Waals surface area contributed by atoms with Crippen molar-refractivity contribution in [3.63, 3.8) is 0 Å². The number of rotatable bonds is 8. The Morgan fingerprint density at radius 2 is 2.11 bits per heavy atom. The van der Waals surface area contributed by atoms with Crippen molar-refractivity contribution < 1.29 is 22.9 Å². The number of carbonyl (C=O) groups is 1. The van der Waals surface area contributed by atoms with Crippen LogP contribution < -0.4 is 4.74 Å². The Labute approximate surface area is 114 Å². The number of ketones is 1. The lowest BCUT2D eigenvalue weighted by atomic mass is 10.1. The fraction of sp³-hybridized carbons (Fsp3) is 0.462. The highest BCUT2D eigenvalue weighted by atomic mass is 32.2. The number of benzene rings is 1. The zero-order valence-electron chi connectivity index (χ0n) is 11.0. The second-order valence-corrected chi connectivity index (χ2v) is 5.48. The molecule has 0 fully saturated rings. The molecule has 1 unspecified atom stereocenters. The molecule has 0 amide bonds. The fourth-order valence-corrected chi connectivity index (χ4v) is 2.59. The van der Waals surface area contributed by atoms with Gasteiger partial charge in [0, 0.05) is 30.3 Å². The molecule has 0 heterocycles. The summed E-state index contributed by atoms with van der Waals surface area (Å²) >= 11 is 0. The Bertz CT molecular complexity index is 462. The van der Waals surface area contributed by atoms with E-state index in [2.05, 4.69) is 0 Å². The predicted octanol–water partition coefficient (Wildman–Crippen LogP) is 1.80. The molecule has 0 saturated carbocycles. The lowest BCUT2D eigenvalue weighted by Crippen LogP contribution is -2.15. The van der Waals surface area contributed by atoms with Crippen LogP contribution >= 0.6 is 0 Å². The van der Waals surface area contributed by atoms with Crippen LogP contribution in [0, 0.1) is 5.82 Å². The molecule has 4 nitrogen and oxygen atoms in total. The van der Waals surface area contributed by atoms with Gasteiger partial charge in [0.1, 0.15) is 11.6 Å². The Kier molecular flexibility index (Phi) is 6.66. The summed E-state index contributed by atoms with van der Waals surface area (Å²) in [4.78, 5) is 11.9. The molecule has 1 rings (SSSR count). The number of carbonyl (C=O) groups excluding carboxylic acids is 1. The monoisotopic (exact) mass is 288 g/mol. The van der Waals surface area contributed by atoms with Crippen LogP contribution in [0.3, 0.4) is 0 Å². The summed E-state index contributed by atoms with van der Waals surface area (Å²) in [5, 5.41) is 0. The summed E-state index contributed by atoms with van der Waals surface area (Å²) < 4.78 is 34.7. The largest absolute Gasteiger partial charge is 0.496 e. The predicted molar refractivity (Wildman–Crippen MR) is 71.7 cm³/mol. The maximum absolute atomic E-state index is 13.1. The third kappa shape index (κ3) is 5.08. The maximum Gasteiger partial charge on any atom is 0.179 e. The summed E-state index contributed by atoms with van der Waals surface area (Å²) in [6.07, 6.45) is 0.622. The van der Waals surface area contributed by atoms with Crippen molar-refractivity contribution >= 4 is 16.6 Å². The van der Waals surface area contributed by atoms with Gasteiger partial charge in [-0.3, -0.25) is 9.00 Å². The van der Waals surface area contributed by atoms with Gasteiger partial charge in [-0.2, -0.15) is 0 Å². The van der Waals surface area contributed by atoms with Gasteiger partial charge in [0.15, 0.2) is 5.78 Å². The van der Waals surface area contributed by atoms with Gasteiger partial charge in [0.05, 0.1) is 18.4 Å². The van der Waals surface area contributed by atoms with E-state index in [9.17, 15) is 13.4 Å². The first-order valence-electron chi connectivity index (χ1n) is 5.79. The second-order valence-electron chi connectivity index (χ2n) is 3.90. The molecular weight excluding hydrogens is 271 g/mol. The van der Waals surface area contributed by atoms with Gasteiger partial charge in [-0.15, -0.1) is 0 Å². The van der Waals surface area contributed by atoms with Gasteiger partial charge in [-0.25, -0.2) is 4.39 Å². The van der Waals surface area contributed by atoms with Gasteiger partial charge in [-0.05, 0) is 24.6 Å². The Morgan fingerprint density at radius 3 is 2.74 bits per heavy atom. The molecule has 1 aromatic carbocycles. The quantitative estimate of drug-likeness (QED) is 0.541. The maximum atomic E-state index is 13.1. The summed E-state index contributed by atoms with van der Waals surface area (Å²) in [5.41, 5.74) is 0.127.